The van der Waals surface area contributed by atoms with E-state index in [1.54, 1.807) is 18.3 Å². The molecule has 0 saturated carbocycles. The third-order valence-electron chi connectivity index (χ3n) is 3.56. The van der Waals surface area contributed by atoms with Gasteiger partial charge in [-0.15, -0.1) is 5.10 Å². The molecular weight excluding hydrogens is 341 g/mol. The van der Waals surface area contributed by atoms with Crippen molar-refractivity contribution in [3.05, 3.63) is 76.7 Å². The molecule has 1 aromatic heterocycles. The molecule has 5 nitrogen and oxygen atoms in total. The van der Waals surface area contributed by atoms with Gasteiger partial charge in [0.05, 0.1) is 6.20 Å². The first-order chi connectivity index (χ1) is 12.2. The maximum atomic E-state index is 12.9. The van der Waals surface area contributed by atoms with E-state index in [-0.39, 0.29) is 5.82 Å². The molecule has 25 heavy (non-hydrogen) atoms. The zero-order chi connectivity index (χ0) is 17.5. The van der Waals surface area contributed by atoms with Crippen LogP contribution in [0.3, 0.4) is 0 Å². The lowest BCUT2D eigenvalue weighted by Crippen LogP contribution is -2.10. The monoisotopic (exact) mass is 357 g/mol. The summed E-state index contributed by atoms with van der Waals surface area (Å²) in [5.41, 5.74) is 2.13. The second-order valence-corrected chi connectivity index (χ2v) is 5.88. The summed E-state index contributed by atoms with van der Waals surface area (Å²) in [6, 6.07) is 14.0. The first kappa shape index (κ1) is 17.1. The fourth-order valence-corrected chi connectivity index (χ4v) is 2.35. The number of halogens is 2. The Morgan fingerprint density at radius 2 is 1.64 bits per heavy atom. The Bertz CT molecular complexity index is 808. The third-order valence-corrected chi connectivity index (χ3v) is 3.81. The Kier molecular flexibility index (Phi) is 5.74. The first-order valence-electron chi connectivity index (χ1n) is 7.85. The molecule has 2 aromatic carbocycles. The molecule has 0 saturated heterocycles. The lowest BCUT2D eigenvalue weighted by molar-refractivity contribution is 0.627. The molecule has 0 aliphatic carbocycles. The van der Waals surface area contributed by atoms with Crippen LogP contribution in [-0.2, 0) is 13.0 Å². The van der Waals surface area contributed by atoms with Crippen molar-refractivity contribution in [2.75, 3.05) is 17.2 Å². The van der Waals surface area contributed by atoms with E-state index in [4.69, 9.17) is 11.6 Å². The molecule has 0 aliphatic heterocycles. The van der Waals surface area contributed by atoms with E-state index in [9.17, 15) is 4.39 Å². The minimum atomic E-state index is -0.233. The summed E-state index contributed by atoms with van der Waals surface area (Å²) in [5.74, 6) is 0.848. The van der Waals surface area contributed by atoms with Gasteiger partial charge in [0.15, 0.2) is 5.82 Å². The first-order valence-corrected chi connectivity index (χ1v) is 8.23. The van der Waals surface area contributed by atoms with Gasteiger partial charge < -0.3 is 10.6 Å². The van der Waals surface area contributed by atoms with E-state index < -0.39 is 0 Å². The highest BCUT2D eigenvalue weighted by molar-refractivity contribution is 6.30. The van der Waals surface area contributed by atoms with E-state index in [1.807, 2.05) is 24.3 Å². The van der Waals surface area contributed by atoms with E-state index in [1.165, 1.54) is 12.1 Å². The van der Waals surface area contributed by atoms with Crippen molar-refractivity contribution in [1.29, 1.82) is 0 Å². The second-order valence-electron chi connectivity index (χ2n) is 5.45. The fourth-order valence-electron chi connectivity index (χ4n) is 2.23. The smallest absolute Gasteiger partial charge is 0.244 e. The Morgan fingerprint density at radius 3 is 2.40 bits per heavy atom. The molecule has 0 unspecified atom stereocenters. The molecule has 0 aliphatic rings. The standard InChI is InChI=1S/C18H17ClFN5/c19-15-5-1-14(2-6-15)11-22-17-12-23-25-18(24-17)21-10-9-13-3-7-16(20)8-4-13/h1-8,12H,9-11H2,(H2,21,22,24,25). The molecule has 0 atom stereocenters. The molecule has 3 rings (SSSR count). The van der Waals surface area contributed by atoms with Gasteiger partial charge in [-0.05, 0) is 41.8 Å². The van der Waals surface area contributed by atoms with Crippen molar-refractivity contribution in [3.63, 3.8) is 0 Å². The van der Waals surface area contributed by atoms with Crippen LogP contribution in [0.1, 0.15) is 11.1 Å². The van der Waals surface area contributed by atoms with Gasteiger partial charge in [0.2, 0.25) is 5.95 Å². The third kappa shape index (κ3) is 5.39. The van der Waals surface area contributed by atoms with Crippen molar-refractivity contribution in [2.24, 2.45) is 0 Å². The molecule has 1 heterocycles. The summed E-state index contributed by atoms with van der Waals surface area (Å²) in [6.07, 6.45) is 2.31. The predicted octanol–water partition coefficient (Wildman–Crippen LogP) is 3.93. The number of rotatable bonds is 7. The Labute approximate surface area is 150 Å². The lowest BCUT2D eigenvalue weighted by Gasteiger charge is -2.08. The summed E-state index contributed by atoms with van der Waals surface area (Å²) in [7, 11) is 0. The Hall–Kier alpha value is -2.73. The maximum Gasteiger partial charge on any atom is 0.244 e. The van der Waals surface area contributed by atoms with Crippen molar-refractivity contribution < 1.29 is 4.39 Å². The number of hydrogen-bond acceptors (Lipinski definition) is 5. The van der Waals surface area contributed by atoms with Gasteiger partial charge in [-0.25, -0.2) is 4.39 Å². The van der Waals surface area contributed by atoms with Gasteiger partial charge in [0.1, 0.15) is 5.82 Å². The second kappa shape index (κ2) is 8.39. The van der Waals surface area contributed by atoms with Crippen LogP contribution in [0.15, 0.2) is 54.7 Å². The van der Waals surface area contributed by atoms with E-state index in [0.29, 0.717) is 29.9 Å². The summed E-state index contributed by atoms with van der Waals surface area (Å²) in [5, 5.41) is 14.9. The Balaban J connectivity index is 1.50. The number of nitrogens with one attached hydrogen (secondary N) is 2. The summed E-state index contributed by atoms with van der Waals surface area (Å²) < 4.78 is 12.9. The van der Waals surface area contributed by atoms with Gasteiger partial charge in [-0.2, -0.15) is 10.1 Å². The van der Waals surface area contributed by atoms with Gasteiger partial charge in [-0.1, -0.05) is 35.9 Å². The van der Waals surface area contributed by atoms with Crippen molar-refractivity contribution in [3.8, 4) is 0 Å². The molecular formula is C18H17ClFN5. The maximum absolute atomic E-state index is 12.9. The molecule has 128 valence electrons. The van der Waals surface area contributed by atoms with Crippen LogP contribution >= 0.6 is 11.6 Å². The Morgan fingerprint density at radius 1 is 0.920 bits per heavy atom. The average Bonchev–Trinajstić information content (AvgIpc) is 2.63. The predicted molar refractivity (Wildman–Crippen MR) is 97.2 cm³/mol. The van der Waals surface area contributed by atoms with Gasteiger partial charge in [-0.3, -0.25) is 0 Å². The molecule has 0 bridgehead atoms. The van der Waals surface area contributed by atoms with Crippen LogP contribution in [0.2, 0.25) is 5.02 Å². The van der Waals surface area contributed by atoms with Crippen molar-refractivity contribution >= 4 is 23.4 Å². The number of hydrogen-bond donors (Lipinski definition) is 2. The highest BCUT2D eigenvalue weighted by atomic mass is 35.5. The average molecular weight is 358 g/mol. The van der Waals surface area contributed by atoms with Gasteiger partial charge in [0, 0.05) is 18.1 Å². The van der Waals surface area contributed by atoms with E-state index in [0.717, 1.165) is 17.5 Å². The van der Waals surface area contributed by atoms with Crippen LogP contribution in [0, 0.1) is 5.82 Å². The number of aromatic nitrogens is 3. The van der Waals surface area contributed by atoms with Crippen LogP contribution in [0.25, 0.3) is 0 Å². The van der Waals surface area contributed by atoms with Crippen LogP contribution in [-0.4, -0.2) is 21.7 Å². The fraction of sp³-hybridized carbons (Fsp3) is 0.167. The van der Waals surface area contributed by atoms with Crippen molar-refractivity contribution in [2.45, 2.75) is 13.0 Å². The molecule has 2 N–H and O–H groups in total. The molecule has 0 spiro atoms. The zero-order valence-electron chi connectivity index (χ0n) is 13.4. The zero-order valence-corrected chi connectivity index (χ0v) is 14.2. The normalized spacial score (nSPS) is 10.5. The largest absolute Gasteiger partial charge is 0.365 e. The number of benzene rings is 2. The topological polar surface area (TPSA) is 62.7 Å². The minimum absolute atomic E-state index is 0.233. The number of nitrogens with zero attached hydrogens (tertiary/aromatic N) is 3. The highest BCUT2D eigenvalue weighted by Crippen LogP contribution is 2.11. The molecule has 0 amide bonds. The van der Waals surface area contributed by atoms with Crippen LogP contribution in [0.4, 0.5) is 16.2 Å². The molecule has 0 fully saturated rings. The number of anilines is 2. The molecule has 3 aromatic rings. The molecule has 0 radical (unpaired) electrons. The summed E-state index contributed by atoms with van der Waals surface area (Å²) in [6.45, 7) is 1.25. The quantitative estimate of drug-likeness (QED) is 0.670. The van der Waals surface area contributed by atoms with E-state index >= 15 is 0 Å². The minimum Gasteiger partial charge on any atom is -0.365 e. The highest BCUT2D eigenvalue weighted by Gasteiger charge is 2.01. The molecule has 7 heteroatoms. The lowest BCUT2D eigenvalue weighted by atomic mass is 10.1. The van der Waals surface area contributed by atoms with Gasteiger partial charge >= 0.3 is 0 Å². The van der Waals surface area contributed by atoms with Crippen LogP contribution in [0.5, 0.6) is 0 Å². The summed E-state index contributed by atoms with van der Waals surface area (Å²) in [4.78, 5) is 4.37. The van der Waals surface area contributed by atoms with E-state index in [2.05, 4.69) is 25.8 Å². The van der Waals surface area contributed by atoms with Crippen molar-refractivity contribution in [1.82, 2.24) is 15.2 Å². The van der Waals surface area contributed by atoms with Crippen LogP contribution < -0.4 is 10.6 Å². The SMILES string of the molecule is Fc1ccc(CCNc2nncc(NCc3ccc(Cl)cc3)n2)cc1. The van der Waals surface area contributed by atoms with Gasteiger partial charge in [0.25, 0.3) is 0 Å². The summed E-state index contributed by atoms with van der Waals surface area (Å²) >= 11 is 5.87.